The number of halogens is 1. The minimum Gasteiger partial charge on any atom is -0.339 e. The highest BCUT2D eigenvalue weighted by Crippen LogP contribution is 2.26. The first kappa shape index (κ1) is 18.5. The lowest BCUT2D eigenvalue weighted by Gasteiger charge is -2.38. The third kappa shape index (κ3) is 4.60. The zero-order chi connectivity index (χ0) is 15.4. The molecular formula is C17H30ClN3O2. The van der Waals surface area contributed by atoms with Crippen molar-refractivity contribution in [3.63, 3.8) is 0 Å². The maximum Gasteiger partial charge on any atom is 0.227 e. The van der Waals surface area contributed by atoms with Gasteiger partial charge in [0, 0.05) is 38.6 Å². The largest absolute Gasteiger partial charge is 0.339 e. The third-order valence-corrected chi connectivity index (χ3v) is 5.50. The van der Waals surface area contributed by atoms with E-state index in [9.17, 15) is 9.59 Å². The van der Waals surface area contributed by atoms with Gasteiger partial charge in [-0.1, -0.05) is 19.3 Å². The molecule has 0 aromatic heterocycles. The standard InChI is InChI=1S/C17H29N3O2.ClH/c21-16(14-5-2-1-3-6-14)19-9-11-20(12-10-19)17(22)15-7-4-8-18-13-15;/h14-15,18H,1-13H2;1H. The molecule has 1 atom stereocenters. The van der Waals surface area contributed by atoms with Crippen molar-refractivity contribution < 1.29 is 9.59 Å². The van der Waals surface area contributed by atoms with Gasteiger partial charge < -0.3 is 15.1 Å². The summed E-state index contributed by atoms with van der Waals surface area (Å²) in [5.74, 6) is 1.02. The highest BCUT2D eigenvalue weighted by atomic mass is 35.5. The molecule has 132 valence electrons. The highest BCUT2D eigenvalue weighted by molar-refractivity contribution is 5.85. The number of nitrogens with zero attached hydrogens (tertiary/aromatic N) is 2. The van der Waals surface area contributed by atoms with Crippen LogP contribution in [0.25, 0.3) is 0 Å². The van der Waals surface area contributed by atoms with Crippen molar-refractivity contribution in [1.29, 1.82) is 0 Å². The molecule has 23 heavy (non-hydrogen) atoms. The lowest BCUT2D eigenvalue weighted by atomic mass is 9.88. The number of nitrogens with one attached hydrogen (secondary N) is 1. The molecule has 3 fully saturated rings. The van der Waals surface area contributed by atoms with Crippen LogP contribution in [0.1, 0.15) is 44.9 Å². The summed E-state index contributed by atoms with van der Waals surface area (Å²) < 4.78 is 0. The van der Waals surface area contributed by atoms with Crippen molar-refractivity contribution in [3.8, 4) is 0 Å². The summed E-state index contributed by atoms with van der Waals surface area (Å²) in [6.07, 6.45) is 7.90. The summed E-state index contributed by atoms with van der Waals surface area (Å²) in [5, 5.41) is 3.31. The minimum atomic E-state index is 0. The predicted molar refractivity (Wildman–Crippen MR) is 92.6 cm³/mol. The molecule has 2 amide bonds. The lowest BCUT2D eigenvalue weighted by molar-refractivity contribution is -0.145. The van der Waals surface area contributed by atoms with Gasteiger partial charge in [-0.3, -0.25) is 9.59 Å². The van der Waals surface area contributed by atoms with Crippen LogP contribution >= 0.6 is 12.4 Å². The van der Waals surface area contributed by atoms with E-state index in [2.05, 4.69) is 5.32 Å². The van der Waals surface area contributed by atoms with E-state index < -0.39 is 0 Å². The van der Waals surface area contributed by atoms with Crippen LogP contribution in [-0.2, 0) is 9.59 Å². The van der Waals surface area contributed by atoms with E-state index in [0.717, 1.165) is 51.9 Å². The minimum absolute atomic E-state index is 0. The summed E-state index contributed by atoms with van der Waals surface area (Å²) in [6.45, 7) is 4.73. The Balaban J connectivity index is 0.00000192. The number of amides is 2. The van der Waals surface area contributed by atoms with E-state index in [1.165, 1.54) is 19.3 Å². The number of rotatable bonds is 2. The SMILES string of the molecule is Cl.O=C(C1CCCCC1)N1CCN(C(=O)C2CCCNC2)CC1. The van der Waals surface area contributed by atoms with E-state index in [4.69, 9.17) is 0 Å². The van der Waals surface area contributed by atoms with Crippen molar-refractivity contribution in [3.05, 3.63) is 0 Å². The average molecular weight is 344 g/mol. The highest BCUT2D eigenvalue weighted by Gasteiger charge is 2.32. The maximum atomic E-state index is 12.5. The second-order valence-electron chi connectivity index (χ2n) is 7.03. The van der Waals surface area contributed by atoms with Gasteiger partial charge in [-0.15, -0.1) is 12.4 Å². The smallest absolute Gasteiger partial charge is 0.227 e. The van der Waals surface area contributed by atoms with Gasteiger partial charge in [0.1, 0.15) is 0 Å². The van der Waals surface area contributed by atoms with Gasteiger partial charge >= 0.3 is 0 Å². The number of piperazine rings is 1. The molecule has 1 N–H and O–H groups in total. The second-order valence-corrected chi connectivity index (χ2v) is 7.03. The maximum absolute atomic E-state index is 12.5. The number of hydrogen-bond donors (Lipinski definition) is 1. The van der Waals surface area contributed by atoms with Crippen molar-refractivity contribution in [2.24, 2.45) is 11.8 Å². The predicted octanol–water partition coefficient (Wildman–Crippen LogP) is 1.66. The van der Waals surface area contributed by atoms with Crippen LogP contribution in [0.2, 0.25) is 0 Å². The molecule has 2 saturated heterocycles. The van der Waals surface area contributed by atoms with Crippen LogP contribution in [0.15, 0.2) is 0 Å². The van der Waals surface area contributed by atoms with Crippen LogP contribution in [0.5, 0.6) is 0 Å². The van der Waals surface area contributed by atoms with Crippen molar-refractivity contribution >= 4 is 24.2 Å². The Morgan fingerprint density at radius 3 is 1.78 bits per heavy atom. The number of carbonyl (C=O) groups excluding carboxylic acids is 2. The Morgan fingerprint density at radius 1 is 0.739 bits per heavy atom. The molecule has 0 aromatic carbocycles. The van der Waals surface area contributed by atoms with Gasteiger partial charge in [-0.2, -0.15) is 0 Å². The molecule has 0 radical (unpaired) electrons. The fourth-order valence-corrected chi connectivity index (χ4v) is 4.08. The molecule has 0 bridgehead atoms. The van der Waals surface area contributed by atoms with E-state index in [-0.39, 0.29) is 30.2 Å². The Bertz CT molecular complexity index is 361. The third-order valence-electron chi connectivity index (χ3n) is 5.50. The lowest BCUT2D eigenvalue weighted by Crippen LogP contribution is -2.54. The zero-order valence-electron chi connectivity index (χ0n) is 14.0. The van der Waals surface area contributed by atoms with E-state index in [1.54, 1.807) is 0 Å². The second kappa shape index (κ2) is 8.88. The van der Waals surface area contributed by atoms with E-state index in [0.29, 0.717) is 19.0 Å². The van der Waals surface area contributed by atoms with Gasteiger partial charge in [0.15, 0.2) is 0 Å². The van der Waals surface area contributed by atoms with Gasteiger partial charge in [0.2, 0.25) is 11.8 Å². The average Bonchev–Trinajstić information content (AvgIpc) is 2.62. The number of carbonyl (C=O) groups is 2. The molecule has 2 aliphatic heterocycles. The Labute approximate surface area is 145 Å². The van der Waals surface area contributed by atoms with E-state index >= 15 is 0 Å². The number of hydrogen-bond acceptors (Lipinski definition) is 3. The summed E-state index contributed by atoms with van der Waals surface area (Å²) in [7, 11) is 0. The molecule has 2 heterocycles. The first-order valence-electron chi connectivity index (χ1n) is 9.04. The summed E-state index contributed by atoms with van der Waals surface area (Å²) >= 11 is 0. The monoisotopic (exact) mass is 343 g/mol. The molecular weight excluding hydrogens is 314 g/mol. The number of piperidine rings is 1. The van der Waals surface area contributed by atoms with Gasteiger partial charge in [0.05, 0.1) is 5.92 Å². The molecule has 3 aliphatic rings. The summed E-state index contributed by atoms with van der Waals surface area (Å²) in [6, 6.07) is 0. The van der Waals surface area contributed by atoms with Crippen LogP contribution in [0, 0.1) is 11.8 Å². The van der Waals surface area contributed by atoms with Crippen molar-refractivity contribution in [1.82, 2.24) is 15.1 Å². The quantitative estimate of drug-likeness (QED) is 0.829. The first-order chi connectivity index (χ1) is 10.8. The fourth-order valence-electron chi connectivity index (χ4n) is 4.08. The molecule has 3 rings (SSSR count). The Morgan fingerprint density at radius 2 is 1.26 bits per heavy atom. The first-order valence-corrected chi connectivity index (χ1v) is 9.04. The summed E-state index contributed by atoms with van der Waals surface area (Å²) in [4.78, 5) is 29.0. The fraction of sp³-hybridized carbons (Fsp3) is 0.882. The Hall–Kier alpha value is -0.810. The molecule has 1 saturated carbocycles. The molecule has 0 spiro atoms. The molecule has 1 unspecified atom stereocenters. The van der Waals surface area contributed by atoms with Crippen LogP contribution < -0.4 is 5.32 Å². The van der Waals surface area contributed by atoms with E-state index in [1.807, 2.05) is 9.80 Å². The van der Waals surface area contributed by atoms with Crippen LogP contribution in [0.3, 0.4) is 0 Å². The normalized spacial score (nSPS) is 26.5. The van der Waals surface area contributed by atoms with Crippen LogP contribution in [-0.4, -0.2) is 60.9 Å². The summed E-state index contributed by atoms with van der Waals surface area (Å²) in [5.41, 5.74) is 0. The van der Waals surface area contributed by atoms with Gasteiger partial charge in [-0.25, -0.2) is 0 Å². The van der Waals surface area contributed by atoms with Crippen molar-refractivity contribution in [2.45, 2.75) is 44.9 Å². The van der Waals surface area contributed by atoms with Gasteiger partial charge in [0.25, 0.3) is 0 Å². The molecule has 6 heteroatoms. The van der Waals surface area contributed by atoms with Crippen LogP contribution in [0.4, 0.5) is 0 Å². The molecule has 1 aliphatic carbocycles. The zero-order valence-corrected chi connectivity index (χ0v) is 14.8. The Kier molecular flexibility index (Phi) is 7.15. The van der Waals surface area contributed by atoms with Crippen molar-refractivity contribution in [2.75, 3.05) is 39.3 Å². The molecule has 0 aromatic rings. The van der Waals surface area contributed by atoms with Gasteiger partial charge in [-0.05, 0) is 32.2 Å². The topological polar surface area (TPSA) is 52.7 Å². The molecule has 5 nitrogen and oxygen atoms in total.